The molecule has 0 unspecified atom stereocenters. The highest BCUT2D eigenvalue weighted by Crippen LogP contribution is 2.07. The molecule has 0 aliphatic heterocycles. The average Bonchev–Trinajstić information content (AvgIpc) is 2.39. The first kappa shape index (κ1) is 15.7. The average molecular weight is 296 g/mol. The van der Waals surface area contributed by atoms with E-state index in [9.17, 15) is 0 Å². The van der Waals surface area contributed by atoms with Crippen molar-refractivity contribution in [2.24, 2.45) is 0 Å². The molecule has 104 valence electrons. The van der Waals surface area contributed by atoms with Gasteiger partial charge in [0, 0.05) is 12.2 Å². The Balaban J connectivity index is 2.24. The van der Waals surface area contributed by atoms with Crippen LogP contribution in [0, 0.1) is 6.92 Å². The zero-order valence-corrected chi connectivity index (χ0v) is 12.9. The Bertz CT molecular complexity index is 417. The minimum atomic E-state index is 0.475. The number of unbranched alkanes of at least 4 members (excludes halogenated alkanes) is 1. The molecule has 0 spiro atoms. The van der Waals surface area contributed by atoms with Gasteiger partial charge in [-0.25, -0.2) is 0 Å². The van der Waals surface area contributed by atoms with Gasteiger partial charge in [-0.2, -0.15) is 0 Å². The van der Waals surface area contributed by atoms with Crippen LogP contribution in [-0.4, -0.2) is 16.8 Å². The Morgan fingerprint density at radius 3 is 2.32 bits per heavy atom. The van der Waals surface area contributed by atoms with Crippen molar-refractivity contribution in [1.29, 1.82) is 0 Å². The first-order valence-electron chi connectivity index (χ1n) is 6.29. The molecule has 0 aromatic heterocycles. The predicted octanol–water partition coefficient (Wildman–Crippen LogP) is 2.46. The fraction of sp³-hybridized carbons (Fsp3) is 0.385. The van der Waals surface area contributed by atoms with Gasteiger partial charge in [-0.1, -0.05) is 31.0 Å². The summed E-state index contributed by atoms with van der Waals surface area (Å²) in [5, 5.41) is 7.16. The summed E-state index contributed by atoms with van der Waals surface area (Å²) in [6.07, 6.45) is 2.23. The van der Waals surface area contributed by atoms with E-state index in [1.165, 1.54) is 5.56 Å². The summed E-state index contributed by atoms with van der Waals surface area (Å²) >= 11 is 10.2. The molecule has 0 heterocycles. The molecule has 4 nitrogen and oxygen atoms in total. The van der Waals surface area contributed by atoms with E-state index in [0.717, 1.165) is 25.1 Å². The number of rotatable bonds is 4. The Morgan fingerprint density at radius 1 is 1.05 bits per heavy atom. The molecule has 1 aromatic rings. The van der Waals surface area contributed by atoms with Gasteiger partial charge in [0.15, 0.2) is 10.2 Å². The molecular weight excluding hydrogens is 276 g/mol. The van der Waals surface area contributed by atoms with E-state index in [1.807, 2.05) is 31.2 Å². The molecule has 0 saturated carbocycles. The van der Waals surface area contributed by atoms with Crippen molar-refractivity contribution in [3.8, 4) is 0 Å². The number of aryl methyl sites for hydroxylation is 1. The molecule has 0 radical (unpaired) electrons. The van der Waals surface area contributed by atoms with Crippen molar-refractivity contribution >= 4 is 40.3 Å². The number of hydrogen-bond donors (Lipinski definition) is 4. The summed E-state index contributed by atoms with van der Waals surface area (Å²) in [5.41, 5.74) is 7.83. The van der Waals surface area contributed by atoms with Crippen molar-refractivity contribution in [3.05, 3.63) is 29.8 Å². The molecule has 0 saturated heterocycles. The van der Waals surface area contributed by atoms with E-state index in [-0.39, 0.29) is 0 Å². The van der Waals surface area contributed by atoms with Crippen molar-refractivity contribution in [3.63, 3.8) is 0 Å². The fourth-order valence-corrected chi connectivity index (χ4v) is 1.66. The van der Waals surface area contributed by atoms with E-state index in [4.69, 9.17) is 24.4 Å². The van der Waals surface area contributed by atoms with Gasteiger partial charge in [0.05, 0.1) is 0 Å². The monoisotopic (exact) mass is 296 g/mol. The largest absolute Gasteiger partial charge is 0.361 e. The first-order chi connectivity index (χ1) is 9.11. The minimum Gasteiger partial charge on any atom is -0.361 e. The van der Waals surface area contributed by atoms with Gasteiger partial charge in [-0.15, -0.1) is 0 Å². The second kappa shape index (κ2) is 8.66. The zero-order chi connectivity index (χ0) is 14.1. The van der Waals surface area contributed by atoms with Crippen LogP contribution in [0.15, 0.2) is 24.3 Å². The fourth-order valence-electron chi connectivity index (χ4n) is 1.34. The highest BCUT2D eigenvalue weighted by molar-refractivity contribution is 7.80. The van der Waals surface area contributed by atoms with Crippen LogP contribution in [0.4, 0.5) is 5.69 Å². The Labute approximate surface area is 125 Å². The topological polar surface area (TPSA) is 48.1 Å². The number of hydrazine groups is 1. The highest BCUT2D eigenvalue weighted by atomic mass is 32.1. The molecule has 4 N–H and O–H groups in total. The maximum Gasteiger partial charge on any atom is 0.189 e. The van der Waals surface area contributed by atoms with Gasteiger partial charge < -0.3 is 10.6 Å². The van der Waals surface area contributed by atoms with E-state index in [1.54, 1.807) is 0 Å². The van der Waals surface area contributed by atoms with Crippen LogP contribution < -0.4 is 21.5 Å². The maximum absolute atomic E-state index is 5.15. The smallest absolute Gasteiger partial charge is 0.189 e. The Morgan fingerprint density at radius 2 is 1.68 bits per heavy atom. The van der Waals surface area contributed by atoms with Gasteiger partial charge in [0.2, 0.25) is 0 Å². The third-order valence-corrected chi connectivity index (χ3v) is 2.87. The summed E-state index contributed by atoms with van der Waals surface area (Å²) in [5.74, 6) is 0. The molecule has 0 atom stereocenters. The number of nitrogens with one attached hydrogen (secondary N) is 4. The third-order valence-electron chi connectivity index (χ3n) is 2.41. The lowest BCUT2D eigenvalue weighted by Crippen LogP contribution is -2.48. The molecular formula is C13H20N4S2. The summed E-state index contributed by atoms with van der Waals surface area (Å²) in [7, 11) is 0. The molecule has 0 bridgehead atoms. The number of benzene rings is 1. The summed E-state index contributed by atoms with van der Waals surface area (Å²) in [6, 6.07) is 7.99. The third kappa shape index (κ3) is 6.93. The van der Waals surface area contributed by atoms with E-state index < -0.39 is 0 Å². The normalized spacial score (nSPS) is 9.58. The molecule has 1 aromatic carbocycles. The number of hydrogen-bond acceptors (Lipinski definition) is 2. The van der Waals surface area contributed by atoms with Crippen LogP contribution in [0.2, 0.25) is 0 Å². The molecule has 0 aliphatic rings. The minimum absolute atomic E-state index is 0.475. The van der Waals surface area contributed by atoms with Crippen molar-refractivity contribution in [2.45, 2.75) is 26.7 Å². The predicted molar refractivity (Wildman–Crippen MR) is 89.2 cm³/mol. The molecule has 1 rings (SSSR count). The standard InChI is InChI=1S/C13H20N4S2/c1-3-4-9-14-12(18)16-17-13(19)15-11-7-5-10(2)6-8-11/h5-8H,3-4,9H2,1-2H3,(H2,14,16,18)(H2,15,17,19). The SMILES string of the molecule is CCCCNC(=S)NNC(=S)Nc1ccc(C)cc1. The second-order valence-corrected chi connectivity index (χ2v) is 5.00. The summed E-state index contributed by atoms with van der Waals surface area (Å²) in [4.78, 5) is 0. The Kier molecular flexibility index (Phi) is 7.14. The highest BCUT2D eigenvalue weighted by Gasteiger charge is 1.98. The van der Waals surface area contributed by atoms with Crippen LogP contribution in [0.3, 0.4) is 0 Å². The Hall–Kier alpha value is -1.40. The van der Waals surface area contributed by atoms with Crippen LogP contribution >= 0.6 is 24.4 Å². The lowest BCUT2D eigenvalue weighted by atomic mass is 10.2. The molecule has 19 heavy (non-hydrogen) atoms. The quantitative estimate of drug-likeness (QED) is 0.389. The molecule has 0 fully saturated rings. The van der Waals surface area contributed by atoms with Gasteiger partial charge in [-0.05, 0) is 49.9 Å². The van der Waals surface area contributed by atoms with Crippen LogP contribution in [-0.2, 0) is 0 Å². The zero-order valence-electron chi connectivity index (χ0n) is 11.2. The van der Waals surface area contributed by atoms with E-state index in [2.05, 4.69) is 28.4 Å². The lowest BCUT2D eigenvalue weighted by Gasteiger charge is -2.14. The first-order valence-corrected chi connectivity index (χ1v) is 7.11. The second-order valence-electron chi connectivity index (χ2n) is 4.18. The number of anilines is 1. The van der Waals surface area contributed by atoms with Gasteiger partial charge in [-0.3, -0.25) is 10.9 Å². The van der Waals surface area contributed by atoms with Crippen molar-refractivity contribution < 1.29 is 0 Å². The van der Waals surface area contributed by atoms with E-state index >= 15 is 0 Å². The van der Waals surface area contributed by atoms with Crippen LogP contribution in [0.1, 0.15) is 25.3 Å². The van der Waals surface area contributed by atoms with E-state index in [0.29, 0.717) is 10.2 Å². The van der Waals surface area contributed by atoms with Crippen molar-refractivity contribution in [1.82, 2.24) is 16.2 Å². The maximum atomic E-state index is 5.15. The lowest BCUT2D eigenvalue weighted by molar-refractivity contribution is 0.732. The molecule has 0 aliphatic carbocycles. The van der Waals surface area contributed by atoms with Crippen molar-refractivity contribution in [2.75, 3.05) is 11.9 Å². The van der Waals surface area contributed by atoms with Crippen LogP contribution in [0.25, 0.3) is 0 Å². The van der Waals surface area contributed by atoms with Crippen LogP contribution in [0.5, 0.6) is 0 Å². The molecule has 0 amide bonds. The summed E-state index contributed by atoms with van der Waals surface area (Å²) < 4.78 is 0. The molecule has 6 heteroatoms. The van der Waals surface area contributed by atoms with Gasteiger partial charge in [0.1, 0.15) is 0 Å². The van der Waals surface area contributed by atoms with Gasteiger partial charge in [0.25, 0.3) is 0 Å². The van der Waals surface area contributed by atoms with Gasteiger partial charge >= 0.3 is 0 Å². The number of thiocarbonyl (C=S) groups is 2. The summed E-state index contributed by atoms with van der Waals surface area (Å²) in [6.45, 7) is 5.04.